The molecule has 6 nitrogen and oxygen atoms in total. The molecule has 0 fully saturated rings. The number of carboxylic acid groups (broad SMARTS) is 2. The number of carbonyl (C=O) groups is 2. The summed E-state index contributed by atoms with van der Waals surface area (Å²) in [6.07, 6.45) is 0. The standard InChI is InChI=1S/2C7H6O3.Pb/c2*8-6-4-2-1-3-5(6)7(9)10;/h2*1-4,8H,(H,9,10);/p-2. The molecule has 2 aromatic rings. The largest absolute Gasteiger partial charge is 0.872 e. The van der Waals surface area contributed by atoms with Gasteiger partial charge in [-0.05, 0) is 12.1 Å². The van der Waals surface area contributed by atoms with Crippen molar-refractivity contribution >= 4 is 39.2 Å². The van der Waals surface area contributed by atoms with Crippen LogP contribution in [0.4, 0.5) is 0 Å². The zero-order valence-corrected chi connectivity index (χ0v) is 14.5. The maximum Gasteiger partial charge on any atom is 0.335 e. The van der Waals surface area contributed by atoms with Crippen LogP contribution in [0.5, 0.6) is 11.5 Å². The molecule has 0 spiro atoms. The van der Waals surface area contributed by atoms with Gasteiger partial charge < -0.3 is 20.4 Å². The Labute approximate surface area is 140 Å². The second kappa shape index (κ2) is 8.95. The van der Waals surface area contributed by atoms with Crippen molar-refractivity contribution in [2.75, 3.05) is 0 Å². The molecule has 2 rings (SSSR count). The van der Waals surface area contributed by atoms with E-state index in [1.165, 1.54) is 48.5 Å². The van der Waals surface area contributed by atoms with Crippen LogP contribution in [0, 0.1) is 0 Å². The monoisotopic (exact) mass is 482 g/mol. The Kier molecular flexibility index (Phi) is 8.06. The summed E-state index contributed by atoms with van der Waals surface area (Å²) in [4.78, 5) is 20.4. The minimum Gasteiger partial charge on any atom is -0.872 e. The fourth-order valence-electron chi connectivity index (χ4n) is 1.29. The van der Waals surface area contributed by atoms with Gasteiger partial charge in [-0.3, -0.25) is 0 Å². The van der Waals surface area contributed by atoms with E-state index in [-0.39, 0.29) is 38.4 Å². The van der Waals surface area contributed by atoms with Crippen LogP contribution < -0.4 is 10.2 Å². The smallest absolute Gasteiger partial charge is 0.335 e. The van der Waals surface area contributed by atoms with Crippen molar-refractivity contribution in [2.24, 2.45) is 0 Å². The van der Waals surface area contributed by atoms with Gasteiger partial charge in [-0.15, -0.1) is 0 Å². The Bertz CT molecular complexity index is 571. The third-order valence-corrected chi connectivity index (χ3v) is 2.23. The zero-order chi connectivity index (χ0) is 15.1. The summed E-state index contributed by atoms with van der Waals surface area (Å²) < 4.78 is 0. The summed E-state index contributed by atoms with van der Waals surface area (Å²) in [5.41, 5.74) is -0.356. The average Bonchev–Trinajstić information content (AvgIpc) is 2.40. The molecule has 0 unspecified atom stereocenters. The molecule has 0 saturated heterocycles. The molecule has 7 heteroatoms. The van der Waals surface area contributed by atoms with Gasteiger partial charge in [-0.2, -0.15) is 0 Å². The minimum atomic E-state index is -1.18. The number of rotatable bonds is 2. The molecule has 0 saturated carbocycles. The van der Waals surface area contributed by atoms with Gasteiger partial charge in [-0.25, -0.2) is 9.59 Å². The summed E-state index contributed by atoms with van der Waals surface area (Å²) >= 11 is 0. The van der Waals surface area contributed by atoms with Gasteiger partial charge >= 0.3 is 11.9 Å². The molecule has 0 aliphatic rings. The Morgan fingerprint density at radius 3 is 1.19 bits per heavy atom. The summed E-state index contributed by atoms with van der Waals surface area (Å²) in [7, 11) is 0. The predicted octanol–water partition coefficient (Wildman–Crippen LogP) is 0.536. The summed E-state index contributed by atoms with van der Waals surface area (Å²) in [6, 6.07) is 11.1. The summed E-state index contributed by atoms with van der Waals surface area (Å²) in [6.45, 7) is 0. The van der Waals surface area contributed by atoms with Crippen molar-refractivity contribution in [1.82, 2.24) is 0 Å². The number of carboxylic acids is 2. The fourth-order valence-corrected chi connectivity index (χ4v) is 1.29. The van der Waals surface area contributed by atoms with E-state index >= 15 is 0 Å². The van der Waals surface area contributed by atoms with E-state index in [1.54, 1.807) is 0 Å². The van der Waals surface area contributed by atoms with Crippen molar-refractivity contribution in [1.29, 1.82) is 0 Å². The molecular formula is C14H10O6Pb-2. The Balaban J connectivity index is 0.000000364. The van der Waals surface area contributed by atoms with E-state index in [0.717, 1.165) is 0 Å². The molecule has 0 aliphatic carbocycles. The van der Waals surface area contributed by atoms with E-state index in [2.05, 4.69) is 0 Å². The molecule has 4 radical (unpaired) electrons. The van der Waals surface area contributed by atoms with Gasteiger partial charge in [0.1, 0.15) is 0 Å². The topological polar surface area (TPSA) is 121 Å². The number of hydrogen-bond acceptors (Lipinski definition) is 4. The molecule has 0 atom stereocenters. The van der Waals surface area contributed by atoms with E-state index in [1.807, 2.05) is 0 Å². The van der Waals surface area contributed by atoms with Crippen LogP contribution >= 0.6 is 0 Å². The Morgan fingerprint density at radius 1 is 0.714 bits per heavy atom. The van der Waals surface area contributed by atoms with Crippen LogP contribution in [0.2, 0.25) is 0 Å². The summed E-state index contributed by atoms with van der Waals surface area (Å²) in [5.74, 6) is -3.25. The molecule has 108 valence electrons. The van der Waals surface area contributed by atoms with Crippen LogP contribution in [-0.4, -0.2) is 49.5 Å². The van der Waals surface area contributed by atoms with Crippen LogP contribution in [0.3, 0.4) is 0 Å². The van der Waals surface area contributed by atoms with Crippen LogP contribution in [0.1, 0.15) is 20.7 Å². The minimum absolute atomic E-state index is 0. The first-order chi connectivity index (χ1) is 9.43. The third-order valence-electron chi connectivity index (χ3n) is 2.23. The van der Waals surface area contributed by atoms with Gasteiger partial charge in [-0.1, -0.05) is 47.9 Å². The van der Waals surface area contributed by atoms with E-state index in [0.29, 0.717) is 0 Å². The van der Waals surface area contributed by atoms with Gasteiger partial charge in [0.25, 0.3) is 0 Å². The van der Waals surface area contributed by atoms with Gasteiger partial charge in [0, 0.05) is 27.3 Å². The van der Waals surface area contributed by atoms with Crippen molar-refractivity contribution in [3.63, 3.8) is 0 Å². The Morgan fingerprint density at radius 2 is 1.00 bits per heavy atom. The zero-order valence-electron chi connectivity index (χ0n) is 10.6. The van der Waals surface area contributed by atoms with Crippen LogP contribution in [0.25, 0.3) is 0 Å². The van der Waals surface area contributed by atoms with E-state index in [4.69, 9.17) is 10.2 Å². The van der Waals surface area contributed by atoms with Crippen molar-refractivity contribution in [2.45, 2.75) is 0 Å². The Hall–Kier alpha value is -2.10. The first-order valence-corrected chi connectivity index (χ1v) is 5.42. The van der Waals surface area contributed by atoms with Crippen LogP contribution in [-0.2, 0) is 0 Å². The number of aromatic carboxylic acids is 2. The van der Waals surface area contributed by atoms with Crippen LogP contribution in [0.15, 0.2) is 48.5 Å². The number of hydrogen-bond donors (Lipinski definition) is 2. The van der Waals surface area contributed by atoms with Gasteiger partial charge in [0.2, 0.25) is 0 Å². The molecule has 0 bridgehead atoms. The van der Waals surface area contributed by atoms with E-state index < -0.39 is 23.4 Å². The van der Waals surface area contributed by atoms with Crippen molar-refractivity contribution in [3.8, 4) is 11.5 Å². The normalized spacial score (nSPS) is 8.76. The molecular weight excluding hydrogens is 471 g/mol. The molecule has 0 aliphatic heterocycles. The molecule has 21 heavy (non-hydrogen) atoms. The average molecular weight is 481 g/mol. The van der Waals surface area contributed by atoms with Crippen molar-refractivity contribution in [3.05, 3.63) is 59.7 Å². The maximum atomic E-state index is 10.7. The quantitative estimate of drug-likeness (QED) is 0.604. The predicted molar refractivity (Wildman–Crippen MR) is 71.4 cm³/mol. The second-order valence-electron chi connectivity index (χ2n) is 3.60. The maximum absolute atomic E-state index is 10.7. The summed E-state index contributed by atoms with van der Waals surface area (Å²) in [5, 5.41) is 38.1. The molecule has 0 amide bonds. The number of benzene rings is 2. The first kappa shape index (κ1) is 18.9. The molecule has 2 aromatic carbocycles. The van der Waals surface area contributed by atoms with Crippen molar-refractivity contribution < 1.29 is 30.0 Å². The molecule has 0 heterocycles. The fraction of sp³-hybridized carbons (Fsp3) is 0. The van der Waals surface area contributed by atoms with E-state index in [9.17, 15) is 19.8 Å². The molecule has 0 aromatic heterocycles. The SMILES string of the molecule is O=C(O)c1ccccc1[O-].O=C(O)c1ccccc1[O-].[Pb]. The van der Waals surface area contributed by atoms with Gasteiger partial charge in [0.05, 0.1) is 11.1 Å². The first-order valence-electron chi connectivity index (χ1n) is 5.42. The second-order valence-corrected chi connectivity index (χ2v) is 3.60. The van der Waals surface area contributed by atoms with Gasteiger partial charge in [0.15, 0.2) is 0 Å². The number of para-hydroxylation sites is 2. The third kappa shape index (κ3) is 5.81. The molecule has 2 N–H and O–H groups in total.